The molecule has 0 aromatic heterocycles. The zero-order valence-corrected chi connectivity index (χ0v) is 15.6. The van der Waals surface area contributed by atoms with Crippen LogP contribution in [0, 0.1) is 18.2 Å². The van der Waals surface area contributed by atoms with E-state index in [0.29, 0.717) is 16.7 Å². The second kappa shape index (κ2) is 8.40. The number of methoxy groups -OCH3 is 2. The normalized spacial score (nSPS) is 11.7. The number of hydrogen-bond donors (Lipinski definition) is 1. The molecule has 0 unspecified atom stereocenters. The molecule has 0 fully saturated rings. The van der Waals surface area contributed by atoms with Crippen LogP contribution in [0.3, 0.4) is 0 Å². The number of aryl methyl sites for hydroxylation is 1. The van der Waals surface area contributed by atoms with Gasteiger partial charge in [0.25, 0.3) is 0 Å². The SMILES string of the molecule is COC(OC)c1cc(C)c(F)cc1CN(CC(=O)O)C(=O)C(C)(C)C. The molecule has 0 bridgehead atoms. The molecule has 0 aliphatic heterocycles. The minimum absolute atomic E-state index is 0.0574. The maximum Gasteiger partial charge on any atom is 0.323 e. The largest absolute Gasteiger partial charge is 0.480 e. The van der Waals surface area contributed by atoms with Crippen LogP contribution >= 0.6 is 0 Å². The van der Waals surface area contributed by atoms with E-state index in [1.54, 1.807) is 33.8 Å². The summed E-state index contributed by atoms with van der Waals surface area (Å²) in [5, 5.41) is 9.13. The van der Waals surface area contributed by atoms with Crippen molar-refractivity contribution in [1.29, 1.82) is 0 Å². The molecule has 1 aromatic carbocycles. The molecule has 1 aromatic rings. The highest BCUT2D eigenvalue weighted by atomic mass is 19.1. The maximum atomic E-state index is 14.1. The first-order valence-corrected chi connectivity index (χ1v) is 7.87. The highest BCUT2D eigenvalue weighted by Crippen LogP contribution is 2.27. The first-order chi connectivity index (χ1) is 11.5. The first-order valence-electron chi connectivity index (χ1n) is 7.87. The highest BCUT2D eigenvalue weighted by molar-refractivity contribution is 5.85. The van der Waals surface area contributed by atoms with E-state index in [2.05, 4.69) is 0 Å². The second-order valence-electron chi connectivity index (χ2n) is 6.91. The lowest BCUT2D eigenvalue weighted by Gasteiger charge is -2.29. The summed E-state index contributed by atoms with van der Waals surface area (Å²) in [7, 11) is 2.90. The molecule has 1 N–H and O–H groups in total. The number of halogens is 1. The number of hydrogen-bond acceptors (Lipinski definition) is 4. The van der Waals surface area contributed by atoms with Crippen LogP contribution in [0.25, 0.3) is 0 Å². The summed E-state index contributed by atoms with van der Waals surface area (Å²) >= 11 is 0. The Kier molecular flexibility index (Phi) is 7.07. The maximum absolute atomic E-state index is 14.1. The van der Waals surface area contributed by atoms with Crippen LogP contribution in [0.5, 0.6) is 0 Å². The van der Waals surface area contributed by atoms with E-state index in [9.17, 15) is 14.0 Å². The topological polar surface area (TPSA) is 76.1 Å². The summed E-state index contributed by atoms with van der Waals surface area (Å²) in [4.78, 5) is 24.9. The van der Waals surface area contributed by atoms with Crippen molar-refractivity contribution < 1.29 is 28.6 Å². The van der Waals surface area contributed by atoms with Crippen molar-refractivity contribution in [2.75, 3.05) is 20.8 Å². The Morgan fingerprint density at radius 3 is 2.24 bits per heavy atom. The fraction of sp³-hybridized carbons (Fsp3) is 0.556. The number of rotatable bonds is 7. The average molecular weight is 355 g/mol. The van der Waals surface area contributed by atoms with Gasteiger partial charge in [-0.2, -0.15) is 0 Å². The summed E-state index contributed by atoms with van der Waals surface area (Å²) < 4.78 is 24.6. The quantitative estimate of drug-likeness (QED) is 0.761. The van der Waals surface area contributed by atoms with Crippen LogP contribution in [0.2, 0.25) is 0 Å². The molecule has 25 heavy (non-hydrogen) atoms. The van der Waals surface area contributed by atoms with Gasteiger partial charge in [-0.25, -0.2) is 4.39 Å². The van der Waals surface area contributed by atoms with E-state index in [1.165, 1.54) is 25.2 Å². The number of carbonyl (C=O) groups excluding carboxylic acids is 1. The van der Waals surface area contributed by atoms with Gasteiger partial charge in [-0.05, 0) is 30.2 Å². The Balaban J connectivity index is 3.33. The van der Waals surface area contributed by atoms with Crippen molar-refractivity contribution in [3.05, 3.63) is 34.6 Å². The molecule has 0 atom stereocenters. The van der Waals surface area contributed by atoms with Gasteiger partial charge in [0.1, 0.15) is 12.4 Å². The Labute approximate surface area is 147 Å². The van der Waals surface area contributed by atoms with Crippen LogP contribution in [0.1, 0.15) is 43.8 Å². The molecule has 6 nitrogen and oxygen atoms in total. The van der Waals surface area contributed by atoms with E-state index in [0.717, 1.165) is 0 Å². The van der Waals surface area contributed by atoms with Crippen LogP contribution in [-0.2, 0) is 25.6 Å². The molecule has 0 radical (unpaired) electrons. The number of carboxylic acids is 1. The molecule has 0 aliphatic carbocycles. The van der Waals surface area contributed by atoms with E-state index in [-0.39, 0.29) is 12.5 Å². The minimum Gasteiger partial charge on any atom is -0.480 e. The average Bonchev–Trinajstić information content (AvgIpc) is 2.50. The van der Waals surface area contributed by atoms with E-state index < -0.39 is 30.0 Å². The Morgan fingerprint density at radius 2 is 1.80 bits per heavy atom. The van der Waals surface area contributed by atoms with Crippen molar-refractivity contribution >= 4 is 11.9 Å². The number of carbonyl (C=O) groups is 2. The van der Waals surface area contributed by atoms with Crippen LogP contribution < -0.4 is 0 Å². The molecular formula is C18H26FNO5. The van der Waals surface area contributed by atoms with Gasteiger partial charge >= 0.3 is 5.97 Å². The summed E-state index contributed by atoms with van der Waals surface area (Å²) in [5.41, 5.74) is 0.641. The fourth-order valence-corrected chi connectivity index (χ4v) is 2.49. The van der Waals surface area contributed by atoms with Crippen LogP contribution in [0.4, 0.5) is 4.39 Å². The summed E-state index contributed by atoms with van der Waals surface area (Å²) in [5.74, 6) is -1.92. The third kappa shape index (κ3) is 5.51. The lowest BCUT2D eigenvalue weighted by Crippen LogP contribution is -2.42. The summed E-state index contributed by atoms with van der Waals surface area (Å²) in [6.45, 7) is 6.18. The van der Waals surface area contributed by atoms with Crippen molar-refractivity contribution in [2.45, 2.75) is 40.5 Å². The van der Waals surface area contributed by atoms with Crippen molar-refractivity contribution in [3.63, 3.8) is 0 Å². The van der Waals surface area contributed by atoms with Gasteiger partial charge in [-0.3, -0.25) is 9.59 Å². The number of benzene rings is 1. The van der Waals surface area contributed by atoms with Crippen molar-refractivity contribution in [1.82, 2.24) is 4.90 Å². The number of amides is 1. The molecule has 140 valence electrons. The van der Waals surface area contributed by atoms with E-state index in [4.69, 9.17) is 14.6 Å². The zero-order chi connectivity index (χ0) is 19.4. The predicted octanol–water partition coefficient (Wildman–Crippen LogP) is 2.88. The molecule has 0 heterocycles. The summed E-state index contributed by atoms with van der Waals surface area (Å²) in [6.07, 6.45) is -0.745. The third-order valence-corrected chi connectivity index (χ3v) is 3.72. The number of ether oxygens (including phenoxy) is 2. The van der Waals surface area contributed by atoms with Crippen LogP contribution in [0.15, 0.2) is 12.1 Å². The smallest absolute Gasteiger partial charge is 0.323 e. The lowest BCUT2D eigenvalue weighted by atomic mass is 9.94. The monoisotopic (exact) mass is 355 g/mol. The zero-order valence-electron chi connectivity index (χ0n) is 15.6. The molecule has 1 rings (SSSR count). The second-order valence-corrected chi connectivity index (χ2v) is 6.91. The lowest BCUT2D eigenvalue weighted by molar-refractivity contribution is -0.149. The molecular weight excluding hydrogens is 329 g/mol. The van der Waals surface area contributed by atoms with E-state index in [1.807, 2.05) is 0 Å². The van der Waals surface area contributed by atoms with Gasteiger partial charge in [0.15, 0.2) is 6.29 Å². The van der Waals surface area contributed by atoms with Gasteiger partial charge in [0.2, 0.25) is 5.91 Å². The third-order valence-electron chi connectivity index (χ3n) is 3.72. The van der Waals surface area contributed by atoms with E-state index >= 15 is 0 Å². The van der Waals surface area contributed by atoms with Gasteiger partial charge in [0, 0.05) is 31.7 Å². The van der Waals surface area contributed by atoms with Crippen LogP contribution in [-0.4, -0.2) is 42.6 Å². The molecule has 0 saturated carbocycles. The fourth-order valence-electron chi connectivity index (χ4n) is 2.49. The van der Waals surface area contributed by atoms with Gasteiger partial charge in [0.05, 0.1) is 0 Å². The molecule has 1 amide bonds. The standard InChI is InChI=1S/C18H26FNO5/c1-11-7-13(16(24-5)25-6)12(8-14(11)19)9-20(10-15(21)22)17(23)18(2,3)4/h7-8,16H,9-10H2,1-6H3,(H,21,22). The van der Waals surface area contributed by atoms with Gasteiger partial charge in [-0.15, -0.1) is 0 Å². The minimum atomic E-state index is -1.14. The molecule has 7 heteroatoms. The first kappa shape index (κ1) is 21.1. The number of carboxylic acid groups (broad SMARTS) is 1. The molecule has 0 saturated heterocycles. The van der Waals surface area contributed by atoms with Gasteiger partial charge < -0.3 is 19.5 Å². The Morgan fingerprint density at radius 1 is 1.24 bits per heavy atom. The van der Waals surface area contributed by atoms with Crippen molar-refractivity contribution in [3.8, 4) is 0 Å². The molecule has 0 aliphatic rings. The summed E-state index contributed by atoms with van der Waals surface area (Å²) in [6, 6.07) is 2.88. The van der Waals surface area contributed by atoms with Gasteiger partial charge in [-0.1, -0.05) is 20.8 Å². The molecule has 0 spiro atoms. The Bertz CT molecular complexity index is 635. The Hall–Kier alpha value is -1.99. The van der Waals surface area contributed by atoms with Crippen molar-refractivity contribution in [2.24, 2.45) is 5.41 Å². The highest BCUT2D eigenvalue weighted by Gasteiger charge is 2.30. The number of nitrogens with zero attached hydrogens (tertiary/aromatic N) is 1. The predicted molar refractivity (Wildman–Crippen MR) is 90.4 cm³/mol. The number of aliphatic carboxylic acids is 1.